The summed E-state index contributed by atoms with van der Waals surface area (Å²) in [6, 6.07) is 0. The summed E-state index contributed by atoms with van der Waals surface area (Å²) in [7, 11) is 1.73. The number of halogens is 1. The Morgan fingerprint density at radius 3 is 2.67 bits per heavy atom. The van der Waals surface area contributed by atoms with Crippen molar-refractivity contribution in [3.05, 3.63) is 16.4 Å². The standard InChI is InChI=1S/C15H26ClN3O2/c1-5-12-13(14(16)19(4)18-12)15(21)17-9-11(6-7-20)8-10(2)3/h10-11,20H,5-9H2,1-4H3,(H,17,21). The maximum Gasteiger partial charge on any atom is 0.256 e. The van der Waals surface area contributed by atoms with Gasteiger partial charge >= 0.3 is 0 Å². The van der Waals surface area contributed by atoms with Gasteiger partial charge in [-0.15, -0.1) is 0 Å². The summed E-state index contributed by atoms with van der Waals surface area (Å²) in [6.45, 7) is 6.91. The summed E-state index contributed by atoms with van der Waals surface area (Å²) in [4.78, 5) is 12.3. The van der Waals surface area contributed by atoms with Crippen LogP contribution in [0.1, 0.15) is 49.7 Å². The van der Waals surface area contributed by atoms with Crippen molar-refractivity contribution in [3.63, 3.8) is 0 Å². The summed E-state index contributed by atoms with van der Waals surface area (Å²) in [6.07, 6.45) is 2.33. The highest BCUT2D eigenvalue weighted by molar-refractivity contribution is 6.33. The molecule has 1 heterocycles. The molecule has 0 fully saturated rings. The van der Waals surface area contributed by atoms with Crippen molar-refractivity contribution < 1.29 is 9.90 Å². The van der Waals surface area contributed by atoms with Gasteiger partial charge in [0.1, 0.15) is 5.15 Å². The van der Waals surface area contributed by atoms with E-state index in [9.17, 15) is 4.79 Å². The van der Waals surface area contributed by atoms with Crippen LogP contribution in [0.4, 0.5) is 0 Å². The first-order valence-electron chi connectivity index (χ1n) is 7.51. The van der Waals surface area contributed by atoms with Crippen molar-refractivity contribution in [2.75, 3.05) is 13.2 Å². The lowest BCUT2D eigenvalue weighted by Gasteiger charge is -2.18. The minimum atomic E-state index is -0.184. The van der Waals surface area contributed by atoms with Crippen LogP contribution < -0.4 is 5.32 Å². The number of rotatable bonds is 8. The molecule has 0 aliphatic carbocycles. The topological polar surface area (TPSA) is 67.2 Å². The second kappa shape index (κ2) is 8.39. The molecule has 0 saturated heterocycles. The number of aryl methyl sites for hydroxylation is 2. The summed E-state index contributed by atoms with van der Waals surface area (Å²) < 4.78 is 1.52. The Bertz CT molecular complexity index is 472. The minimum Gasteiger partial charge on any atom is -0.396 e. The van der Waals surface area contributed by atoms with E-state index in [2.05, 4.69) is 24.3 Å². The van der Waals surface area contributed by atoms with Crippen LogP contribution in [0.25, 0.3) is 0 Å². The SMILES string of the molecule is CCc1nn(C)c(Cl)c1C(=O)NCC(CCO)CC(C)C. The molecule has 1 atom stereocenters. The molecule has 1 rings (SSSR count). The molecule has 6 heteroatoms. The lowest BCUT2D eigenvalue weighted by molar-refractivity contribution is 0.0940. The van der Waals surface area contributed by atoms with Crippen LogP contribution in [0.2, 0.25) is 5.15 Å². The summed E-state index contributed by atoms with van der Waals surface area (Å²) in [5.41, 5.74) is 1.18. The van der Waals surface area contributed by atoms with Crippen molar-refractivity contribution in [2.45, 2.75) is 40.0 Å². The average molecular weight is 316 g/mol. The fraction of sp³-hybridized carbons (Fsp3) is 0.733. The smallest absolute Gasteiger partial charge is 0.256 e. The van der Waals surface area contributed by atoms with Crippen LogP contribution in [0.5, 0.6) is 0 Å². The molecule has 0 aromatic carbocycles. The molecule has 5 nitrogen and oxygen atoms in total. The highest BCUT2D eigenvalue weighted by atomic mass is 35.5. The molecule has 120 valence electrons. The molecule has 0 aliphatic heterocycles. The number of aromatic nitrogens is 2. The van der Waals surface area contributed by atoms with E-state index in [1.807, 2.05) is 6.92 Å². The Balaban J connectivity index is 2.72. The van der Waals surface area contributed by atoms with Gasteiger partial charge in [0.15, 0.2) is 0 Å². The van der Waals surface area contributed by atoms with Crippen molar-refractivity contribution in [1.82, 2.24) is 15.1 Å². The number of nitrogens with one attached hydrogen (secondary N) is 1. The highest BCUT2D eigenvalue weighted by Gasteiger charge is 2.21. The molecule has 1 aromatic heterocycles. The summed E-state index contributed by atoms with van der Waals surface area (Å²) >= 11 is 6.15. The fourth-order valence-electron chi connectivity index (χ4n) is 2.51. The number of hydrogen-bond donors (Lipinski definition) is 2. The number of amides is 1. The lowest BCUT2D eigenvalue weighted by atomic mass is 9.94. The molecule has 0 radical (unpaired) electrons. The van der Waals surface area contributed by atoms with Crippen molar-refractivity contribution in [3.8, 4) is 0 Å². The number of aliphatic hydroxyl groups is 1. The van der Waals surface area contributed by atoms with Gasteiger partial charge in [-0.05, 0) is 31.1 Å². The number of hydrogen-bond acceptors (Lipinski definition) is 3. The monoisotopic (exact) mass is 315 g/mol. The van der Waals surface area contributed by atoms with E-state index in [0.717, 1.165) is 6.42 Å². The molecular weight excluding hydrogens is 290 g/mol. The van der Waals surface area contributed by atoms with E-state index in [4.69, 9.17) is 16.7 Å². The van der Waals surface area contributed by atoms with Gasteiger partial charge in [0.25, 0.3) is 5.91 Å². The quantitative estimate of drug-likeness (QED) is 0.774. The Labute approximate surface area is 131 Å². The van der Waals surface area contributed by atoms with Crippen LogP contribution in [-0.4, -0.2) is 33.9 Å². The van der Waals surface area contributed by atoms with Gasteiger partial charge in [0.2, 0.25) is 0 Å². The predicted molar refractivity (Wildman–Crippen MR) is 84.6 cm³/mol. The molecule has 1 unspecified atom stereocenters. The van der Waals surface area contributed by atoms with E-state index in [-0.39, 0.29) is 18.4 Å². The predicted octanol–water partition coefficient (Wildman–Crippen LogP) is 2.41. The lowest BCUT2D eigenvalue weighted by Crippen LogP contribution is -2.31. The third-order valence-corrected chi connectivity index (χ3v) is 3.94. The summed E-state index contributed by atoms with van der Waals surface area (Å²) in [5.74, 6) is 0.628. The second-order valence-electron chi connectivity index (χ2n) is 5.81. The fourth-order valence-corrected chi connectivity index (χ4v) is 2.74. The van der Waals surface area contributed by atoms with Gasteiger partial charge in [-0.2, -0.15) is 5.10 Å². The van der Waals surface area contributed by atoms with Crippen molar-refractivity contribution >= 4 is 17.5 Å². The zero-order chi connectivity index (χ0) is 16.0. The van der Waals surface area contributed by atoms with Crippen LogP contribution in [-0.2, 0) is 13.5 Å². The Morgan fingerprint density at radius 2 is 2.14 bits per heavy atom. The molecule has 1 amide bonds. The Kier molecular flexibility index (Phi) is 7.18. The molecule has 0 bridgehead atoms. The van der Waals surface area contributed by atoms with Gasteiger partial charge in [0, 0.05) is 20.2 Å². The molecule has 0 saturated carbocycles. The average Bonchev–Trinajstić information content (AvgIpc) is 2.71. The van der Waals surface area contributed by atoms with Crippen molar-refractivity contribution in [2.24, 2.45) is 18.9 Å². The first kappa shape index (κ1) is 18.0. The molecule has 21 heavy (non-hydrogen) atoms. The van der Waals surface area contributed by atoms with E-state index in [1.54, 1.807) is 7.05 Å². The first-order chi connectivity index (χ1) is 9.90. The third kappa shape index (κ3) is 5.00. The maximum absolute atomic E-state index is 12.3. The van der Waals surface area contributed by atoms with Gasteiger partial charge in [-0.1, -0.05) is 32.4 Å². The van der Waals surface area contributed by atoms with Gasteiger partial charge in [-0.3, -0.25) is 9.48 Å². The third-order valence-electron chi connectivity index (χ3n) is 3.51. The van der Waals surface area contributed by atoms with E-state index < -0.39 is 0 Å². The van der Waals surface area contributed by atoms with Crippen LogP contribution >= 0.6 is 11.6 Å². The summed E-state index contributed by atoms with van der Waals surface area (Å²) in [5, 5.41) is 16.7. The van der Waals surface area contributed by atoms with Gasteiger partial charge < -0.3 is 10.4 Å². The zero-order valence-electron chi connectivity index (χ0n) is 13.3. The second-order valence-corrected chi connectivity index (χ2v) is 6.17. The van der Waals surface area contributed by atoms with Crippen LogP contribution in [0.3, 0.4) is 0 Å². The number of aliphatic hydroxyl groups excluding tert-OH is 1. The first-order valence-corrected chi connectivity index (χ1v) is 7.88. The maximum atomic E-state index is 12.3. The number of nitrogens with zero attached hydrogens (tertiary/aromatic N) is 2. The van der Waals surface area contributed by atoms with Crippen LogP contribution in [0, 0.1) is 11.8 Å². The van der Waals surface area contributed by atoms with Gasteiger partial charge in [-0.25, -0.2) is 0 Å². The zero-order valence-corrected chi connectivity index (χ0v) is 14.1. The van der Waals surface area contributed by atoms with E-state index in [1.165, 1.54) is 4.68 Å². The molecular formula is C15H26ClN3O2. The normalized spacial score (nSPS) is 12.7. The molecule has 1 aromatic rings. The minimum absolute atomic E-state index is 0.140. The Hall–Kier alpha value is -1.07. The Morgan fingerprint density at radius 1 is 1.48 bits per heavy atom. The molecule has 2 N–H and O–H groups in total. The highest BCUT2D eigenvalue weighted by Crippen LogP contribution is 2.20. The van der Waals surface area contributed by atoms with Crippen molar-refractivity contribution in [1.29, 1.82) is 0 Å². The number of carbonyl (C=O) groups excluding carboxylic acids is 1. The number of carbonyl (C=O) groups is 1. The molecule has 0 aliphatic rings. The van der Waals surface area contributed by atoms with Crippen LogP contribution in [0.15, 0.2) is 0 Å². The largest absolute Gasteiger partial charge is 0.396 e. The van der Waals surface area contributed by atoms with E-state index in [0.29, 0.717) is 41.7 Å². The molecule has 0 spiro atoms. The van der Waals surface area contributed by atoms with Gasteiger partial charge in [0.05, 0.1) is 11.3 Å². The van der Waals surface area contributed by atoms with E-state index >= 15 is 0 Å².